The summed E-state index contributed by atoms with van der Waals surface area (Å²) < 4.78 is 5.54. The molecule has 1 N–H and O–H groups in total. The third kappa shape index (κ3) is 3.71. The normalized spacial score (nSPS) is 24.1. The van der Waals surface area contributed by atoms with Crippen LogP contribution in [0.2, 0.25) is 0 Å². The Morgan fingerprint density at radius 2 is 2.21 bits per heavy atom. The molecule has 0 saturated carbocycles. The number of hydrogen-bond acceptors (Lipinski definition) is 2. The van der Waals surface area contributed by atoms with Gasteiger partial charge in [-0.1, -0.05) is 30.3 Å². The number of carbonyl (C=O) groups is 1. The van der Waals surface area contributed by atoms with E-state index in [1.807, 2.05) is 37.3 Å². The lowest BCUT2D eigenvalue weighted by atomic mass is 10.0. The highest BCUT2D eigenvalue weighted by atomic mass is 35.5. The van der Waals surface area contributed by atoms with Crippen molar-refractivity contribution in [3.8, 4) is 0 Å². The minimum Gasteiger partial charge on any atom is -0.365 e. The van der Waals surface area contributed by atoms with Gasteiger partial charge in [0.15, 0.2) is 0 Å². The average molecular weight is 282 g/mol. The van der Waals surface area contributed by atoms with Gasteiger partial charge in [0.2, 0.25) is 0 Å². The number of amides is 1. The molecule has 19 heavy (non-hydrogen) atoms. The monoisotopic (exact) mass is 281 g/mol. The molecule has 2 rings (SSSR count). The maximum atomic E-state index is 12.2. The SMILES string of the molecule is CC1(C(=O)NC(CCl)Cc2ccccc2)CCCO1. The second-order valence-corrected chi connectivity index (χ2v) is 5.51. The smallest absolute Gasteiger partial charge is 0.252 e. The lowest BCUT2D eigenvalue weighted by Gasteiger charge is -2.25. The first-order chi connectivity index (χ1) is 9.14. The molecule has 0 aromatic heterocycles. The Balaban J connectivity index is 1.94. The Labute approximate surface area is 119 Å². The first kappa shape index (κ1) is 14.4. The molecule has 1 fully saturated rings. The van der Waals surface area contributed by atoms with Crippen molar-refractivity contribution in [1.29, 1.82) is 0 Å². The summed E-state index contributed by atoms with van der Waals surface area (Å²) in [6.07, 6.45) is 2.46. The second-order valence-electron chi connectivity index (χ2n) is 5.20. The summed E-state index contributed by atoms with van der Waals surface area (Å²) in [6, 6.07) is 9.98. The van der Waals surface area contributed by atoms with Crippen LogP contribution in [0, 0.1) is 0 Å². The van der Waals surface area contributed by atoms with Crippen LogP contribution in [0.25, 0.3) is 0 Å². The van der Waals surface area contributed by atoms with E-state index in [9.17, 15) is 4.79 Å². The molecule has 3 nitrogen and oxygen atoms in total. The molecule has 1 amide bonds. The van der Waals surface area contributed by atoms with Crippen LogP contribution in [0.15, 0.2) is 30.3 Å². The summed E-state index contributed by atoms with van der Waals surface area (Å²) in [5, 5.41) is 3.00. The molecule has 1 aliphatic heterocycles. The van der Waals surface area contributed by atoms with Crippen LogP contribution >= 0.6 is 11.6 Å². The zero-order valence-corrected chi connectivity index (χ0v) is 12.0. The molecule has 2 atom stereocenters. The summed E-state index contributed by atoms with van der Waals surface area (Å²) in [4.78, 5) is 12.2. The van der Waals surface area contributed by atoms with Crippen molar-refractivity contribution < 1.29 is 9.53 Å². The number of alkyl halides is 1. The van der Waals surface area contributed by atoms with Crippen LogP contribution in [0.5, 0.6) is 0 Å². The van der Waals surface area contributed by atoms with Crippen LogP contribution < -0.4 is 5.32 Å². The van der Waals surface area contributed by atoms with Crippen molar-refractivity contribution >= 4 is 17.5 Å². The van der Waals surface area contributed by atoms with Gasteiger partial charge in [-0.15, -0.1) is 11.6 Å². The molecule has 2 unspecified atom stereocenters. The van der Waals surface area contributed by atoms with Crippen LogP contribution in [-0.4, -0.2) is 30.0 Å². The van der Waals surface area contributed by atoms with E-state index in [2.05, 4.69) is 5.32 Å². The van der Waals surface area contributed by atoms with Crippen LogP contribution in [0.4, 0.5) is 0 Å². The summed E-state index contributed by atoms with van der Waals surface area (Å²) in [7, 11) is 0. The Bertz CT molecular complexity index is 415. The van der Waals surface area contributed by atoms with Gasteiger partial charge >= 0.3 is 0 Å². The number of benzene rings is 1. The summed E-state index contributed by atoms with van der Waals surface area (Å²) in [5.74, 6) is 0.350. The van der Waals surface area contributed by atoms with Gasteiger partial charge in [0, 0.05) is 18.5 Å². The molecular formula is C15H20ClNO2. The van der Waals surface area contributed by atoms with Gasteiger partial charge < -0.3 is 10.1 Å². The number of carbonyl (C=O) groups excluding carboxylic acids is 1. The van der Waals surface area contributed by atoms with Gasteiger partial charge in [-0.05, 0) is 31.7 Å². The van der Waals surface area contributed by atoms with E-state index in [1.54, 1.807) is 0 Å². The molecule has 104 valence electrons. The molecule has 1 aliphatic rings. The lowest BCUT2D eigenvalue weighted by Crippen LogP contribution is -2.49. The van der Waals surface area contributed by atoms with E-state index in [1.165, 1.54) is 5.56 Å². The molecule has 0 bridgehead atoms. The Morgan fingerprint density at radius 1 is 1.47 bits per heavy atom. The van der Waals surface area contributed by atoms with Gasteiger partial charge in [-0.25, -0.2) is 0 Å². The maximum Gasteiger partial charge on any atom is 0.252 e. The van der Waals surface area contributed by atoms with Crippen molar-refractivity contribution in [2.24, 2.45) is 0 Å². The second kappa shape index (κ2) is 6.40. The topological polar surface area (TPSA) is 38.3 Å². The van der Waals surface area contributed by atoms with E-state index >= 15 is 0 Å². The highest BCUT2D eigenvalue weighted by molar-refractivity contribution is 6.18. The van der Waals surface area contributed by atoms with Crippen molar-refractivity contribution in [3.63, 3.8) is 0 Å². The first-order valence-corrected chi connectivity index (χ1v) is 7.22. The number of nitrogens with one attached hydrogen (secondary N) is 1. The molecule has 0 aliphatic carbocycles. The van der Waals surface area contributed by atoms with Gasteiger partial charge in [-0.2, -0.15) is 0 Å². The van der Waals surface area contributed by atoms with Crippen molar-refractivity contribution in [2.75, 3.05) is 12.5 Å². The largest absolute Gasteiger partial charge is 0.365 e. The fourth-order valence-corrected chi connectivity index (χ4v) is 2.53. The standard InChI is InChI=1S/C15H20ClNO2/c1-15(8-5-9-19-15)14(18)17-13(11-16)10-12-6-3-2-4-7-12/h2-4,6-7,13H,5,8-11H2,1H3,(H,17,18). The number of halogens is 1. The van der Waals surface area contributed by atoms with Gasteiger partial charge in [0.1, 0.15) is 5.60 Å². The number of ether oxygens (including phenoxy) is 1. The third-order valence-corrected chi connectivity index (χ3v) is 3.92. The van der Waals surface area contributed by atoms with E-state index < -0.39 is 5.60 Å². The Morgan fingerprint density at radius 3 is 2.79 bits per heavy atom. The minimum absolute atomic E-state index is 0.0495. The van der Waals surface area contributed by atoms with Crippen molar-refractivity contribution in [3.05, 3.63) is 35.9 Å². The van der Waals surface area contributed by atoms with Crippen molar-refractivity contribution in [1.82, 2.24) is 5.32 Å². The van der Waals surface area contributed by atoms with E-state index in [4.69, 9.17) is 16.3 Å². The molecular weight excluding hydrogens is 262 g/mol. The molecule has 0 spiro atoms. The van der Waals surface area contributed by atoms with Crippen LogP contribution in [-0.2, 0) is 16.0 Å². The van der Waals surface area contributed by atoms with E-state index in [-0.39, 0.29) is 11.9 Å². The molecule has 1 aromatic rings. The number of hydrogen-bond donors (Lipinski definition) is 1. The van der Waals surface area contributed by atoms with Gasteiger partial charge in [0.25, 0.3) is 5.91 Å². The van der Waals surface area contributed by atoms with Crippen molar-refractivity contribution in [2.45, 2.75) is 37.8 Å². The number of rotatable bonds is 5. The quantitative estimate of drug-likeness (QED) is 0.842. The predicted octanol–water partition coefficient (Wildman–Crippen LogP) is 2.52. The molecule has 4 heteroatoms. The Kier molecular flexibility index (Phi) is 4.83. The predicted molar refractivity (Wildman–Crippen MR) is 76.4 cm³/mol. The van der Waals surface area contributed by atoms with Gasteiger partial charge in [-0.3, -0.25) is 4.79 Å². The molecule has 1 aromatic carbocycles. The summed E-state index contributed by atoms with van der Waals surface area (Å²) in [5.41, 5.74) is 0.493. The molecule has 1 saturated heterocycles. The van der Waals surface area contributed by atoms with E-state index in [0.29, 0.717) is 12.5 Å². The summed E-state index contributed by atoms with van der Waals surface area (Å²) in [6.45, 7) is 2.51. The maximum absolute atomic E-state index is 12.2. The molecule has 1 heterocycles. The fourth-order valence-electron chi connectivity index (χ4n) is 2.34. The first-order valence-electron chi connectivity index (χ1n) is 6.69. The van der Waals surface area contributed by atoms with Crippen LogP contribution in [0.3, 0.4) is 0 Å². The zero-order chi connectivity index (χ0) is 13.7. The van der Waals surface area contributed by atoms with Crippen LogP contribution in [0.1, 0.15) is 25.3 Å². The van der Waals surface area contributed by atoms with Gasteiger partial charge in [0.05, 0.1) is 0 Å². The Hall–Kier alpha value is -1.06. The van der Waals surface area contributed by atoms with E-state index in [0.717, 1.165) is 19.3 Å². The highest BCUT2D eigenvalue weighted by Crippen LogP contribution is 2.25. The highest BCUT2D eigenvalue weighted by Gasteiger charge is 2.38. The zero-order valence-electron chi connectivity index (χ0n) is 11.2. The average Bonchev–Trinajstić information content (AvgIpc) is 2.87. The fraction of sp³-hybridized carbons (Fsp3) is 0.533. The third-order valence-electron chi connectivity index (χ3n) is 3.55. The minimum atomic E-state index is -0.680. The lowest BCUT2D eigenvalue weighted by molar-refractivity contribution is -0.140. The molecule has 0 radical (unpaired) electrons. The summed E-state index contributed by atoms with van der Waals surface area (Å²) >= 11 is 5.96.